The molecule has 0 bridgehead atoms. The number of halogens is 1. The summed E-state index contributed by atoms with van der Waals surface area (Å²) >= 11 is 7.37. The Balaban J connectivity index is 1.75. The molecule has 4 nitrogen and oxygen atoms in total. The normalized spacial score (nSPS) is 14.9. The van der Waals surface area contributed by atoms with E-state index in [1.165, 1.54) is 4.88 Å². The Morgan fingerprint density at radius 2 is 2.15 bits per heavy atom. The number of likely N-dealkylation sites (N-methyl/N-ethyl adjacent to an activating group) is 1. The third kappa shape index (κ3) is 2.85. The first kappa shape index (κ1) is 13.5. The van der Waals surface area contributed by atoms with Crippen molar-refractivity contribution >= 4 is 34.0 Å². The smallest absolute Gasteiger partial charge is 0.257 e. The summed E-state index contributed by atoms with van der Waals surface area (Å²) in [7, 11) is 2.09. The van der Waals surface area contributed by atoms with E-state index < -0.39 is 0 Å². The average Bonchev–Trinajstić information content (AvgIpc) is 2.80. The lowest BCUT2D eigenvalue weighted by Gasteiger charge is -2.20. The Labute approximate surface area is 126 Å². The monoisotopic (exact) mass is 307 g/mol. The van der Waals surface area contributed by atoms with Crippen LogP contribution in [0.5, 0.6) is 0 Å². The van der Waals surface area contributed by atoms with Crippen molar-refractivity contribution in [2.45, 2.75) is 13.0 Å². The van der Waals surface area contributed by atoms with Gasteiger partial charge in [-0.1, -0.05) is 11.6 Å². The van der Waals surface area contributed by atoms with E-state index >= 15 is 0 Å². The molecule has 1 amide bonds. The van der Waals surface area contributed by atoms with Gasteiger partial charge in [0.1, 0.15) is 0 Å². The number of thiazole rings is 1. The maximum Gasteiger partial charge on any atom is 0.257 e. The number of nitrogens with zero attached hydrogens (tertiary/aromatic N) is 2. The van der Waals surface area contributed by atoms with E-state index in [0.29, 0.717) is 15.7 Å². The number of fused-ring (bicyclic) bond motifs is 1. The predicted molar refractivity (Wildman–Crippen MR) is 81.6 cm³/mol. The number of hydrogen-bond acceptors (Lipinski definition) is 4. The lowest BCUT2D eigenvalue weighted by Crippen LogP contribution is -2.25. The van der Waals surface area contributed by atoms with E-state index in [2.05, 4.69) is 22.2 Å². The molecule has 0 saturated carbocycles. The van der Waals surface area contributed by atoms with Crippen LogP contribution in [0.2, 0.25) is 5.02 Å². The van der Waals surface area contributed by atoms with Crippen LogP contribution in [0.4, 0.5) is 5.13 Å². The van der Waals surface area contributed by atoms with Crippen molar-refractivity contribution in [2.75, 3.05) is 18.9 Å². The second-order valence-corrected chi connectivity index (χ2v) is 6.36. The van der Waals surface area contributed by atoms with E-state index in [1.807, 2.05) is 0 Å². The molecule has 6 heteroatoms. The maximum absolute atomic E-state index is 12.1. The topological polar surface area (TPSA) is 45.2 Å². The molecule has 0 saturated heterocycles. The van der Waals surface area contributed by atoms with Crippen molar-refractivity contribution in [1.82, 2.24) is 9.88 Å². The molecule has 0 aliphatic carbocycles. The summed E-state index contributed by atoms with van der Waals surface area (Å²) in [6, 6.07) is 6.83. The number of carbonyl (C=O) groups excluding carboxylic acids is 1. The largest absolute Gasteiger partial charge is 0.301 e. The van der Waals surface area contributed by atoms with Crippen LogP contribution in [-0.2, 0) is 13.0 Å². The molecule has 2 heterocycles. The fourth-order valence-corrected chi connectivity index (χ4v) is 3.36. The van der Waals surface area contributed by atoms with Crippen LogP contribution in [0, 0.1) is 0 Å². The number of nitrogens with one attached hydrogen (secondary N) is 1. The second-order valence-electron chi connectivity index (χ2n) is 4.84. The van der Waals surface area contributed by atoms with Crippen molar-refractivity contribution in [3.05, 3.63) is 45.4 Å². The molecule has 1 aromatic carbocycles. The molecule has 1 aliphatic heterocycles. The number of carbonyl (C=O) groups is 1. The van der Waals surface area contributed by atoms with E-state index in [9.17, 15) is 4.79 Å². The lowest BCUT2D eigenvalue weighted by molar-refractivity contribution is 0.102. The fraction of sp³-hybridized carbons (Fsp3) is 0.286. The van der Waals surface area contributed by atoms with Crippen molar-refractivity contribution in [3.63, 3.8) is 0 Å². The van der Waals surface area contributed by atoms with Crippen molar-refractivity contribution in [3.8, 4) is 0 Å². The van der Waals surface area contributed by atoms with Gasteiger partial charge < -0.3 is 4.90 Å². The molecule has 0 spiro atoms. The Morgan fingerprint density at radius 1 is 1.40 bits per heavy atom. The predicted octanol–water partition coefficient (Wildman–Crippen LogP) is 3.04. The number of benzene rings is 1. The quantitative estimate of drug-likeness (QED) is 0.927. The second kappa shape index (κ2) is 5.52. The molecule has 1 aromatic heterocycles. The molecule has 0 fully saturated rings. The van der Waals surface area contributed by atoms with Crippen molar-refractivity contribution < 1.29 is 4.79 Å². The minimum atomic E-state index is -0.152. The van der Waals surface area contributed by atoms with Crippen LogP contribution in [0.15, 0.2) is 24.3 Å². The summed E-state index contributed by atoms with van der Waals surface area (Å²) in [4.78, 5) is 20.1. The summed E-state index contributed by atoms with van der Waals surface area (Å²) in [6.45, 7) is 1.92. The first-order valence-corrected chi connectivity index (χ1v) is 7.55. The van der Waals surface area contributed by atoms with Gasteiger partial charge in [0.15, 0.2) is 5.13 Å². The van der Waals surface area contributed by atoms with E-state index in [0.717, 1.165) is 25.2 Å². The van der Waals surface area contributed by atoms with Gasteiger partial charge >= 0.3 is 0 Å². The fourth-order valence-electron chi connectivity index (χ4n) is 2.15. The van der Waals surface area contributed by atoms with Gasteiger partial charge in [0.25, 0.3) is 5.91 Å². The highest BCUT2D eigenvalue weighted by Crippen LogP contribution is 2.28. The van der Waals surface area contributed by atoms with Gasteiger partial charge in [-0.05, 0) is 31.3 Å². The van der Waals surface area contributed by atoms with E-state index in [4.69, 9.17) is 11.6 Å². The van der Waals surface area contributed by atoms with E-state index in [1.54, 1.807) is 35.6 Å². The van der Waals surface area contributed by atoms with Crippen LogP contribution < -0.4 is 5.32 Å². The van der Waals surface area contributed by atoms with Crippen LogP contribution >= 0.6 is 22.9 Å². The molecule has 0 unspecified atom stereocenters. The zero-order valence-corrected chi connectivity index (χ0v) is 12.6. The first-order valence-electron chi connectivity index (χ1n) is 6.36. The summed E-state index contributed by atoms with van der Waals surface area (Å²) < 4.78 is 0. The highest BCUT2D eigenvalue weighted by molar-refractivity contribution is 7.15. The third-order valence-corrected chi connectivity index (χ3v) is 4.50. The van der Waals surface area contributed by atoms with Crippen molar-refractivity contribution in [1.29, 1.82) is 0 Å². The summed E-state index contributed by atoms with van der Waals surface area (Å²) in [5.74, 6) is -0.152. The van der Waals surface area contributed by atoms with Gasteiger partial charge in [-0.25, -0.2) is 4.98 Å². The van der Waals surface area contributed by atoms with Gasteiger partial charge in [-0.2, -0.15) is 0 Å². The number of anilines is 1. The molecule has 1 N–H and O–H groups in total. The molecule has 104 valence electrons. The maximum atomic E-state index is 12.1. The highest BCUT2D eigenvalue weighted by Gasteiger charge is 2.19. The highest BCUT2D eigenvalue weighted by atomic mass is 35.5. The van der Waals surface area contributed by atoms with Gasteiger partial charge in [0, 0.05) is 35.0 Å². The number of hydrogen-bond donors (Lipinski definition) is 1. The van der Waals surface area contributed by atoms with Crippen molar-refractivity contribution in [2.24, 2.45) is 0 Å². The number of amides is 1. The average molecular weight is 308 g/mol. The minimum Gasteiger partial charge on any atom is -0.301 e. The SMILES string of the molecule is CN1CCc2nc(NC(=O)c3ccc(Cl)cc3)sc2C1. The van der Waals surface area contributed by atoms with Crippen LogP contribution in [-0.4, -0.2) is 29.4 Å². The Kier molecular flexibility index (Phi) is 3.74. The molecule has 2 aromatic rings. The molecule has 0 atom stereocenters. The van der Waals surface area contributed by atoms with Gasteiger partial charge in [-0.15, -0.1) is 11.3 Å². The Morgan fingerprint density at radius 3 is 2.90 bits per heavy atom. The molecule has 1 aliphatic rings. The third-order valence-electron chi connectivity index (χ3n) is 3.25. The Hall–Kier alpha value is -1.43. The lowest BCUT2D eigenvalue weighted by atomic mass is 10.2. The number of rotatable bonds is 2. The van der Waals surface area contributed by atoms with Gasteiger partial charge in [0.2, 0.25) is 0 Å². The molecule has 3 rings (SSSR count). The summed E-state index contributed by atoms with van der Waals surface area (Å²) in [6.07, 6.45) is 0.944. The van der Waals surface area contributed by atoms with Crippen LogP contribution in [0.3, 0.4) is 0 Å². The zero-order chi connectivity index (χ0) is 14.1. The summed E-state index contributed by atoms with van der Waals surface area (Å²) in [5, 5.41) is 4.15. The van der Waals surface area contributed by atoms with E-state index in [-0.39, 0.29) is 5.91 Å². The summed E-state index contributed by atoms with van der Waals surface area (Å²) in [5.41, 5.74) is 1.69. The van der Waals surface area contributed by atoms with Gasteiger partial charge in [-0.3, -0.25) is 10.1 Å². The molecular formula is C14H14ClN3OS. The number of aromatic nitrogens is 1. The first-order chi connectivity index (χ1) is 9.61. The molecule has 0 radical (unpaired) electrons. The minimum absolute atomic E-state index is 0.152. The van der Waals surface area contributed by atoms with Crippen LogP contribution in [0.1, 0.15) is 20.9 Å². The zero-order valence-electron chi connectivity index (χ0n) is 11.0. The van der Waals surface area contributed by atoms with Crippen LogP contribution in [0.25, 0.3) is 0 Å². The Bertz CT molecular complexity index is 638. The van der Waals surface area contributed by atoms with Gasteiger partial charge in [0.05, 0.1) is 5.69 Å². The molecule has 20 heavy (non-hydrogen) atoms. The standard InChI is InChI=1S/C14H14ClN3OS/c1-18-7-6-11-12(8-18)20-14(16-11)17-13(19)9-2-4-10(15)5-3-9/h2-5H,6-8H2,1H3,(H,16,17,19). The molecular weight excluding hydrogens is 294 g/mol.